The molecule has 4 rings (SSSR count). The molecule has 0 saturated carbocycles. The van der Waals surface area contributed by atoms with Crippen molar-refractivity contribution in [1.29, 1.82) is 0 Å². The zero-order chi connectivity index (χ0) is 19.7. The van der Waals surface area contributed by atoms with E-state index in [-0.39, 0.29) is 12.4 Å². The predicted molar refractivity (Wildman–Crippen MR) is 103 cm³/mol. The van der Waals surface area contributed by atoms with Gasteiger partial charge in [-0.15, -0.1) is 5.10 Å². The SMILES string of the molecule is CC1CCCN(c2nccn3c(=O)n(CC(=O)Nc4ccc(F)cc4)nc23)C1. The highest BCUT2D eigenvalue weighted by Gasteiger charge is 2.22. The minimum Gasteiger partial charge on any atom is -0.353 e. The molecule has 9 heteroatoms. The Bertz CT molecular complexity index is 1060. The average molecular weight is 384 g/mol. The van der Waals surface area contributed by atoms with Gasteiger partial charge in [0.1, 0.15) is 12.4 Å². The van der Waals surface area contributed by atoms with Gasteiger partial charge in [-0.1, -0.05) is 6.92 Å². The Labute approximate surface area is 160 Å². The number of carbonyl (C=O) groups is 1. The number of nitrogens with zero attached hydrogens (tertiary/aromatic N) is 5. The van der Waals surface area contributed by atoms with Gasteiger partial charge in [0.15, 0.2) is 5.82 Å². The van der Waals surface area contributed by atoms with E-state index in [4.69, 9.17) is 0 Å². The molecule has 0 spiro atoms. The van der Waals surface area contributed by atoms with Crippen LogP contribution in [-0.2, 0) is 11.3 Å². The molecule has 1 N–H and O–H groups in total. The first kappa shape index (κ1) is 18.1. The highest BCUT2D eigenvalue weighted by atomic mass is 19.1. The van der Waals surface area contributed by atoms with Gasteiger partial charge < -0.3 is 10.2 Å². The van der Waals surface area contributed by atoms with Crippen molar-refractivity contribution in [3.05, 3.63) is 53.0 Å². The Morgan fingerprint density at radius 3 is 2.86 bits per heavy atom. The molecule has 2 aromatic heterocycles. The number of benzene rings is 1. The van der Waals surface area contributed by atoms with Gasteiger partial charge in [-0.3, -0.25) is 4.79 Å². The fraction of sp³-hybridized carbons (Fsp3) is 0.368. The number of fused-ring (bicyclic) bond motifs is 1. The second kappa shape index (κ2) is 7.41. The molecule has 3 aromatic rings. The summed E-state index contributed by atoms with van der Waals surface area (Å²) in [6.07, 6.45) is 5.36. The van der Waals surface area contributed by atoms with Crippen LogP contribution in [-0.4, -0.2) is 38.2 Å². The first-order chi connectivity index (χ1) is 13.5. The van der Waals surface area contributed by atoms with Crippen LogP contribution in [0, 0.1) is 11.7 Å². The molecular formula is C19H21FN6O2. The molecule has 1 unspecified atom stereocenters. The van der Waals surface area contributed by atoms with Crippen molar-refractivity contribution in [3.63, 3.8) is 0 Å². The Morgan fingerprint density at radius 1 is 1.32 bits per heavy atom. The largest absolute Gasteiger partial charge is 0.353 e. The van der Waals surface area contributed by atoms with Crippen molar-refractivity contribution >= 4 is 23.1 Å². The maximum absolute atomic E-state index is 13.0. The van der Waals surface area contributed by atoms with Crippen molar-refractivity contribution in [2.45, 2.75) is 26.3 Å². The Hall–Kier alpha value is -3.23. The van der Waals surface area contributed by atoms with E-state index in [0.717, 1.165) is 24.2 Å². The van der Waals surface area contributed by atoms with Crippen molar-refractivity contribution in [3.8, 4) is 0 Å². The maximum Gasteiger partial charge on any atom is 0.350 e. The summed E-state index contributed by atoms with van der Waals surface area (Å²) in [7, 11) is 0. The summed E-state index contributed by atoms with van der Waals surface area (Å²) in [5.41, 5.74) is 0.488. The average Bonchev–Trinajstić information content (AvgIpc) is 2.99. The quantitative estimate of drug-likeness (QED) is 0.743. The fourth-order valence-corrected chi connectivity index (χ4v) is 3.51. The molecule has 1 aliphatic rings. The van der Waals surface area contributed by atoms with Crippen molar-refractivity contribution in [2.75, 3.05) is 23.3 Å². The van der Waals surface area contributed by atoms with E-state index in [2.05, 4.69) is 27.2 Å². The van der Waals surface area contributed by atoms with Gasteiger partial charge in [-0.2, -0.15) is 0 Å². The number of carbonyl (C=O) groups excluding carboxylic acids is 1. The first-order valence-electron chi connectivity index (χ1n) is 9.26. The predicted octanol–water partition coefficient (Wildman–Crippen LogP) is 1.91. The van der Waals surface area contributed by atoms with Gasteiger partial charge in [0.25, 0.3) is 0 Å². The van der Waals surface area contributed by atoms with Crippen LogP contribution >= 0.6 is 0 Å². The van der Waals surface area contributed by atoms with E-state index < -0.39 is 11.6 Å². The number of halogens is 1. The molecule has 146 valence electrons. The minimum absolute atomic E-state index is 0.242. The lowest BCUT2D eigenvalue weighted by molar-refractivity contribution is -0.117. The summed E-state index contributed by atoms with van der Waals surface area (Å²) in [5.74, 6) is 0.398. The van der Waals surface area contributed by atoms with Gasteiger partial charge in [0, 0.05) is 31.2 Å². The summed E-state index contributed by atoms with van der Waals surface area (Å²) in [5, 5.41) is 6.98. The molecule has 28 heavy (non-hydrogen) atoms. The van der Waals surface area contributed by atoms with Gasteiger partial charge in [0.05, 0.1) is 0 Å². The zero-order valence-corrected chi connectivity index (χ0v) is 15.5. The van der Waals surface area contributed by atoms with Gasteiger partial charge >= 0.3 is 5.69 Å². The smallest absolute Gasteiger partial charge is 0.350 e. The van der Waals surface area contributed by atoms with E-state index in [0.29, 0.717) is 23.1 Å². The molecule has 0 aliphatic carbocycles. The number of aromatic nitrogens is 4. The lowest BCUT2D eigenvalue weighted by Gasteiger charge is -2.31. The molecule has 3 heterocycles. The molecule has 1 amide bonds. The number of hydrogen-bond acceptors (Lipinski definition) is 5. The van der Waals surface area contributed by atoms with Crippen LogP contribution in [0.1, 0.15) is 19.8 Å². The monoisotopic (exact) mass is 384 g/mol. The third-order valence-electron chi connectivity index (χ3n) is 4.86. The third kappa shape index (κ3) is 3.60. The number of rotatable bonds is 4. The lowest BCUT2D eigenvalue weighted by atomic mass is 10.0. The summed E-state index contributed by atoms with van der Waals surface area (Å²) in [4.78, 5) is 31.5. The molecule has 1 saturated heterocycles. The number of amides is 1. The van der Waals surface area contributed by atoms with Crippen LogP contribution < -0.4 is 15.9 Å². The number of piperidine rings is 1. The molecule has 1 fully saturated rings. The Morgan fingerprint density at radius 2 is 2.11 bits per heavy atom. The normalized spacial score (nSPS) is 17.1. The summed E-state index contributed by atoms with van der Waals surface area (Å²) < 4.78 is 15.5. The summed E-state index contributed by atoms with van der Waals surface area (Å²) in [6, 6.07) is 5.42. The Kier molecular flexibility index (Phi) is 4.81. The molecule has 1 aromatic carbocycles. The fourth-order valence-electron chi connectivity index (χ4n) is 3.51. The summed E-state index contributed by atoms with van der Waals surface area (Å²) >= 11 is 0. The topological polar surface area (TPSA) is 84.5 Å². The standard InChI is InChI=1S/C19H21FN6O2/c1-13-3-2-9-24(11-13)17-18-23-26(19(28)25(18)10-8-21-17)12-16(27)22-15-6-4-14(20)5-7-15/h4-8,10,13H,2-3,9,11-12H2,1H3,(H,22,27). The van der Waals surface area contributed by atoms with E-state index in [1.54, 1.807) is 12.4 Å². The van der Waals surface area contributed by atoms with Crippen molar-refractivity contribution < 1.29 is 9.18 Å². The molecule has 8 nitrogen and oxygen atoms in total. The van der Waals surface area contributed by atoms with Crippen LogP contribution in [0.2, 0.25) is 0 Å². The van der Waals surface area contributed by atoms with Crippen LogP contribution in [0.15, 0.2) is 41.5 Å². The molecule has 1 atom stereocenters. The number of nitrogens with one attached hydrogen (secondary N) is 1. The maximum atomic E-state index is 13.0. The molecule has 0 radical (unpaired) electrons. The first-order valence-corrected chi connectivity index (χ1v) is 9.26. The van der Waals surface area contributed by atoms with E-state index in [1.807, 2.05) is 0 Å². The zero-order valence-electron chi connectivity index (χ0n) is 15.5. The van der Waals surface area contributed by atoms with Crippen LogP contribution in [0.5, 0.6) is 0 Å². The summed E-state index contributed by atoms with van der Waals surface area (Å²) in [6.45, 7) is 3.67. The number of hydrogen-bond donors (Lipinski definition) is 1. The van der Waals surface area contributed by atoms with E-state index in [9.17, 15) is 14.0 Å². The van der Waals surface area contributed by atoms with Crippen LogP contribution in [0.3, 0.4) is 0 Å². The molecular weight excluding hydrogens is 363 g/mol. The third-order valence-corrected chi connectivity index (χ3v) is 4.86. The Balaban J connectivity index is 1.59. The second-order valence-corrected chi connectivity index (χ2v) is 7.13. The van der Waals surface area contributed by atoms with Crippen molar-refractivity contribution in [1.82, 2.24) is 19.2 Å². The highest BCUT2D eigenvalue weighted by molar-refractivity contribution is 5.90. The minimum atomic E-state index is -0.418. The van der Waals surface area contributed by atoms with Gasteiger partial charge in [0.2, 0.25) is 11.6 Å². The lowest BCUT2D eigenvalue weighted by Crippen LogP contribution is -2.35. The van der Waals surface area contributed by atoms with Gasteiger partial charge in [-0.25, -0.2) is 23.3 Å². The van der Waals surface area contributed by atoms with Crippen molar-refractivity contribution in [2.24, 2.45) is 5.92 Å². The molecule has 0 bridgehead atoms. The van der Waals surface area contributed by atoms with E-state index in [1.165, 1.54) is 35.1 Å². The van der Waals surface area contributed by atoms with Crippen LogP contribution in [0.4, 0.5) is 15.9 Å². The number of anilines is 2. The highest BCUT2D eigenvalue weighted by Crippen LogP contribution is 2.23. The van der Waals surface area contributed by atoms with Gasteiger partial charge in [-0.05, 0) is 43.0 Å². The van der Waals surface area contributed by atoms with Crippen LogP contribution in [0.25, 0.3) is 5.65 Å². The van der Waals surface area contributed by atoms with E-state index >= 15 is 0 Å². The molecule has 1 aliphatic heterocycles. The second-order valence-electron chi connectivity index (χ2n) is 7.13.